The van der Waals surface area contributed by atoms with Crippen molar-refractivity contribution in [3.8, 4) is 5.82 Å². The molecule has 0 aliphatic carbocycles. The van der Waals surface area contributed by atoms with E-state index in [2.05, 4.69) is 20.5 Å². The van der Waals surface area contributed by atoms with E-state index in [-0.39, 0.29) is 24.6 Å². The van der Waals surface area contributed by atoms with E-state index in [1.165, 1.54) is 23.0 Å². The van der Waals surface area contributed by atoms with Gasteiger partial charge in [-0.05, 0) is 39.3 Å². The minimum atomic E-state index is -0.827. The minimum Gasteiger partial charge on any atom is -0.352 e. The number of aromatic nitrogens is 6. The third-order valence-electron chi connectivity index (χ3n) is 4.73. The van der Waals surface area contributed by atoms with E-state index in [0.29, 0.717) is 12.2 Å². The lowest BCUT2D eigenvalue weighted by Gasteiger charge is -2.15. The average Bonchev–Trinajstić information content (AvgIpc) is 3.06. The Morgan fingerprint density at radius 1 is 1.13 bits per heavy atom. The fourth-order valence-corrected chi connectivity index (χ4v) is 3.05. The molecule has 0 saturated carbocycles. The zero-order valence-corrected chi connectivity index (χ0v) is 17.5. The Morgan fingerprint density at radius 2 is 1.90 bits per heavy atom. The second kappa shape index (κ2) is 8.85. The van der Waals surface area contributed by atoms with E-state index in [4.69, 9.17) is 0 Å². The fourth-order valence-electron chi connectivity index (χ4n) is 3.05. The number of aryl methyl sites for hydroxylation is 3. The first-order valence-corrected chi connectivity index (χ1v) is 9.76. The predicted octanol–water partition coefficient (Wildman–Crippen LogP) is 0.542. The van der Waals surface area contributed by atoms with Gasteiger partial charge in [0.15, 0.2) is 5.82 Å². The molecule has 30 heavy (non-hydrogen) atoms. The van der Waals surface area contributed by atoms with E-state index in [9.17, 15) is 14.4 Å². The van der Waals surface area contributed by atoms with Gasteiger partial charge in [0.1, 0.15) is 6.04 Å². The van der Waals surface area contributed by atoms with Crippen molar-refractivity contribution in [3.05, 3.63) is 68.4 Å². The van der Waals surface area contributed by atoms with E-state index < -0.39 is 11.6 Å². The van der Waals surface area contributed by atoms with Crippen LogP contribution in [0.25, 0.3) is 5.82 Å². The van der Waals surface area contributed by atoms with Gasteiger partial charge in [-0.2, -0.15) is 5.10 Å². The summed E-state index contributed by atoms with van der Waals surface area (Å²) in [6, 6.07) is 5.49. The zero-order valence-electron chi connectivity index (χ0n) is 17.5. The van der Waals surface area contributed by atoms with Crippen LogP contribution in [0.5, 0.6) is 0 Å². The Balaban J connectivity index is 1.70. The molecule has 0 aromatic carbocycles. The van der Waals surface area contributed by atoms with Crippen LogP contribution in [0.4, 0.5) is 0 Å². The van der Waals surface area contributed by atoms with E-state index in [0.717, 1.165) is 21.8 Å². The predicted molar refractivity (Wildman–Crippen MR) is 111 cm³/mol. The molecule has 0 bridgehead atoms. The maximum absolute atomic E-state index is 12.6. The van der Waals surface area contributed by atoms with Crippen LogP contribution in [-0.4, -0.2) is 41.6 Å². The van der Waals surface area contributed by atoms with Gasteiger partial charge in [0.25, 0.3) is 11.1 Å². The SMILES string of the molecule is CCc1cc(=O)n(CCNC(=O)C(C)n2nc(-n3nc(C)cc3C)ccc2=O)cn1. The zero-order chi connectivity index (χ0) is 21.8. The number of nitrogens with zero attached hydrogens (tertiary/aromatic N) is 6. The first-order valence-electron chi connectivity index (χ1n) is 9.76. The third-order valence-corrected chi connectivity index (χ3v) is 4.73. The highest BCUT2D eigenvalue weighted by atomic mass is 16.2. The lowest BCUT2D eigenvalue weighted by Crippen LogP contribution is -2.39. The van der Waals surface area contributed by atoms with Crippen molar-refractivity contribution in [2.24, 2.45) is 0 Å². The summed E-state index contributed by atoms with van der Waals surface area (Å²) in [4.78, 5) is 41.0. The third kappa shape index (κ3) is 4.53. The molecule has 158 valence electrons. The van der Waals surface area contributed by atoms with Gasteiger partial charge in [-0.1, -0.05) is 6.92 Å². The fraction of sp³-hybridized carbons (Fsp3) is 0.400. The first kappa shape index (κ1) is 21.2. The van der Waals surface area contributed by atoms with Crippen LogP contribution in [0.15, 0.2) is 40.2 Å². The van der Waals surface area contributed by atoms with Crippen molar-refractivity contribution < 1.29 is 4.79 Å². The lowest BCUT2D eigenvalue weighted by atomic mass is 10.3. The van der Waals surface area contributed by atoms with Crippen LogP contribution >= 0.6 is 0 Å². The Kier molecular flexibility index (Phi) is 6.24. The summed E-state index contributed by atoms with van der Waals surface area (Å²) in [6.45, 7) is 7.78. The van der Waals surface area contributed by atoms with Crippen molar-refractivity contribution >= 4 is 5.91 Å². The second-order valence-electron chi connectivity index (χ2n) is 7.05. The normalized spacial score (nSPS) is 12.0. The van der Waals surface area contributed by atoms with Gasteiger partial charge in [-0.25, -0.2) is 14.3 Å². The standard InChI is InChI=1S/C20H25N7O3/c1-5-16-11-19(29)25(12-22-16)9-8-21-20(30)15(4)27-18(28)7-6-17(24-27)26-14(3)10-13(2)23-26/h6-7,10-12,15H,5,8-9H2,1-4H3,(H,21,30). The molecule has 3 aromatic rings. The minimum absolute atomic E-state index is 0.167. The van der Waals surface area contributed by atoms with Gasteiger partial charge in [-0.15, -0.1) is 5.10 Å². The summed E-state index contributed by atoms with van der Waals surface area (Å²) >= 11 is 0. The molecule has 1 N–H and O–H groups in total. The van der Waals surface area contributed by atoms with Gasteiger partial charge in [0.2, 0.25) is 5.91 Å². The van der Waals surface area contributed by atoms with Gasteiger partial charge in [0, 0.05) is 36.6 Å². The van der Waals surface area contributed by atoms with Crippen molar-refractivity contribution in [1.29, 1.82) is 0 Å². The molecule has 0 fully saturated rings. The average molecular weight is 411 g/mol. The molecule has 3 aromatic heterocycles. The monoisotopic (exact) mass is 411 g/mol. The lowest BCUT2D eigenvalue weighted by molar-refractivity contribution is -0.124. The van der Waals surface area contributed by atoms with Crippen molar-refractivity contribution in [2.75, 3.05) is 6.54 Å². The molecule has 1 amide bonds. The Labute approximate surface area is 173 Å². The number of hydrogen-bond acceptors (Lipinski definition) is 6. The summed E-state index contributed by atoms with van der Waals surface area (Å²) in [5, 5.41) is 11.4. The Bertz CT molecular complexity index is 1180. The van der Waals surface area contributed by atoms with Gasteiger partial charge >= 0.3 is 0 Å². The first-order chi connectivity index (χ1) is 14.3. The number of nitrogens with one attached hydrogen (secondary N) is 1. The number of hydrogen-bond donors (Lipinski definition) is 1. The molecule has 1 unspecified atom stereocenters. The molecule has 3 heterocycles. The molecule has 10 heteroatoms. The van der Waals surface area contributed by atoms with E-state index in [1.54, 1.807) is 17.7 Å². The van der Waals surface area contributed by atoms with Crippen molar-refractivity contribution in [2.45, 2.75) is 46.7 Å². The summed E-state index contributed by atoms with van der Waals surface area (Å²) in [7, 11) is 0. The molecule has 10 nitrogen and oxygen atoms in total. The number of carbonyl (C=O) groups excluding carboxylic acids is 1. The second-order valence-corrected chi connectivity index (χ2v) is 7.05. The van der Waals surface area contributed by atoms with Crippen molar-refractivity contribution in [3.63, 3.8) is 0 Å². The highest BCUT2D eigenvalue weighted by Gasteiger charge is 2.18. The molecule has 0 spiro atoms. The van der Waals surface area contributed by atoms with Gasteiger partial charge in [0.05, 0.1) is 12.0 Å². The summed E-state index contributed by atoms with van der Waals surface area (Å²) in [5.74, 6) is 0.0785. The highest BCUT2D eigenvalue weighted by Crippen LogP contribution is 2.09. The number of rotatable bonds is 7. The quantitative estimate of drug-likeness (QED) is 0.607. The van der Waals surface area contributed by atoms with Crippen LogP contribution in [-0.2, 0) is 17.8 Å². The van der Waals surface area contributed by atoms with Crippen LogP contribution in [0.3, 0.4) is 0 Å². The maximum Gasteiger partial charge on any atom is 0.267 e. The van der Waals surface area contributed by atoms with Crippen LogP contribution in [0.2, 0.25) is 0 Å². The van der Waals surface area contributed by atoms with Crippen LogP contribution in [0.1, 0.15) is 37.0 Å². The topological polar surface area (TPSA) is 117 Å². The molecular formula is C20H25N7O3. The summed E-state index contributed by atoms with van der Waals surface area (Å²) in [5.41, 5.74) is 1.87. The molecule has 3 rings (SSSR count). The summed E-state index contributed by atoms with van der Waals surface area (Å²) in [6.07, 6.45) is 2.16. The molecule has 1 atom stereocenters. The Morgan fingerprint density at radius 3 is 2.53 bits per heavy atom. The molecule has 0 aliphatic heterocycles. The van der Waals surface area contributed by atoms with Crippen molar-refractivity contribution in [1.82, 2.24) is 34.4 Å². The summed E-state index contributed by atoms with van der Waals surface area (Å²) < 4.78 is 4.18. The largest absolute Gasteiger partial charge is 0.352 e. The molecule has 0 saturated heterocycles. The van der Waals surface area contributed by atoms with E-state index in [1.807, 2.05) is 26.8 Å². The molecule has 0 aliphatic rings. The smallest absolute Gasteiger partial charge is 0.267 e. The highest BCUT2D eigenvalue weighted by molar-refractivity contribution is 5.79. The van der Waals surface area contributed by atoms with Crippen LogP contribution < -0.4 is 16.4 Å². The van der Waals surface area contributed by atoms with E-state index >= 15 is 0 Å². The Hall–Kier alpha value is -3.56. The number of amides is 1. The molecular weight excluding hydrogens is 386 g/mol. The number of carbonyl (C=O) groups is 1. The van der Waals surface area contributed by atoms with Gasteiger partial charge < -0.3 is 5.32 Å². The molecule has 0 radical (unpaired) electrons. The van der Waals surface area contributed by atoms with Gasteiger partial charge in [-0.3, -0.25) is 19.0 Å². The maximum atomic E-state index is 12.6. The van der Waals surface area contributed by atoms with Crippen LogP contribution in [0, 0.1) is 13.8 Å².